The van der Waals surface area contributed by atoms with Crippen LogP contribution in [0.5, 0.6) is 0 Å². The lowest BCUT2D eigenvalue weighted by molar-refractivity contribution is 1.14. The van der Waals surface area contributed by atoms with Gasteiger partial charge in [0.2, 0.25) is 0 Å². The van der Waals surface area contributed by atoms with Crippen LogP contribution in [0.2, 0.25) is 0 Å². The molecule has 88 valence electrons. The minimum Gasteiger partial charge on any atom is -0.355 e. The minimum absolute atomic E-state index is 1.09. The predicted octanol–water partition coefficient (Wildman–Crippen LogP) is 4.91. The van der Waals surface area contributed by atoms with E-state index < -0.39 is 0 Å². The zero-order valence-electron chi connectivity index (χ0n) is 10.7. The molecule has 1 aromatic heterocycles. The van der Waals surface area contributed by atoms with Gasteiger partial charge < -0.3 is 4.98 Å². The van der Waals surface area contributed by atoms with Crippen LogP contribution in [0.25, 0.3) is 21.8 Å². The Morgan fingerprint density at radius 3 is 2.35 bits per heavy atom. The molecule has 1 heterocycles. The number of H-pyrrole nitrogens is 1. The summed E-state index contributed by atoms with van der Waals surface area (Å²) in [6, 6.07) is 15.1. The number of nitrogens with one attached hydrogen (secondary N) is 1. The molecule has 1 heteroatoms. The van der Waals surface area contributed by atoms with Crippen molar-refractivity contribution in [3.05, 3.63) is 48.0 Å². The fourth-order valence-corrected chi connectivity index (χ4v) is 2.12. The molecule has 0 aliphatic carbocycles. The Bertz CT molecular complexity index is 620. The minimum atomic E-state index is 1.09. The summed E-state index contributed by atoms with van der Waals surface area (Å²) in [5.41, 5.74) is 3.85. The van der Waals surface area contributed by atoms with Gasteiger partial charge in [-0.3, -0.25) is 0 Å². The van der Waals surface area contributed by atoms with Gasteiger partial charge in [-0.25, -0.2) is 0 Å². The summed E-state index contributed by atoms with van der Waals surface area (Å²) < 4.78 is 0. The molecule has 17 heavy (non-hydrogen) atoms. The van der Waals surface area contributed by atoms with E-state index in [4.69, 9.17) is 0 Å². The first-order valence-electron chi connectivity index (χ1n) is 6.38. The number of aryl methyl sites for hydroxylation is 1. The quantitative estimate of drug-likeness (QED) is 0.605. The topological polar surface area (TPSA) is 15.8 Å². The summed E-state index contributed by atoms with van der Waals surface area (Å²) in [6.45, 7) is 6.18. The van der Waals surface area contributed by atoms with Gasteiger partial charge in [0.25, 0.3) is 0 Å². The van der Waals surface area contributed by atoms with E-state index in [-0.39, 0.29) is 0 Å². The smallest absolute Gasteiger partial charge is 0.0467 e. The number of benzene rings is 2. The van der Waals surface area contributed by atoms with E-state index in [1.54, 1.807) is 0 Å². The van der Waals surface area contributed by atoms with E-state index >= 15 is 0 Å². The summed E-state index contributed by atoms with van der Waals surface area (Å²) in [4.78, 5) is 3.45. The first-order chi connectivity index (χ1) is 8.38. The van der Waals surface area contributed by atoms with Crippen molar-refractivity contribution in [2.45, 2.75) is 27.2 Å². The Labute approximate surface area is 102 Å². The van der Waals surface area contributed by atoms with Crippen LogP contribution in [0.15, 0.2) is 42.5 Å². The first kappa shape index (κ1) is 11.7. The maximum Gasteiger partial charge on any atom is 0.0467 e. The highest BCUT2D eigenvalue weighted by molar-refractivity contribution is 6.07. The second kappa shape index (κ2) is 5.05. The van der Waals surface area contributed by atoms with Gasteiger partial charge >= 0.3 is 0 Å². The van der Waals surface area contributed by atoms with Crippen LogP contribution in [-0.2, 0) is 6.42 Å². The molecule has 0 aliphatic rings. The lowest BCUT2D eigenvalue weighted by atomic mass is 10.1. The highest BCUT2D eigenvalue weighted by Crippen LogP contribution is 2.25. The molecule has 0 amide bonds. The molecule has 0 unspecified atom stereocenters. The maximum atomic E-state index is 3.45. The molecule has 0 bridgehead atoms. The fourth-order valence-electron chi connectivity index (χ4n) is 2.12. The molecule has 1 nitrogen and oxygen atoms in total. The largest absolute Gasteiger partial charge is 0.355 e. The highest BCUT2D eigenvalue weighted by atomic mass is 14.7. The van der Waals surface area contributed by atoms with Gasteiger partial charge in [-0.1, -0.05) is 51.1 Å². The van der Waals surface area contributed by atoms with E-state index in [0.29, 0.717) is 0 Å². The highest BCUT2D eigenvalue weighted by Gasteiger charge is 2.02. The van der Waals surface area contributed by atoms with Crippen LogP contribution in [-0.4, -0.2) is 4.98 Å². The number of fused-ring (bicyclic) bond motifs is 3. The Morgan fingerprint density at radius 2 is 1.59 bits per heavy atom. The van der Waals surface area contributed by atoms with Crippen LogP contribution in [0.1, 0.15) is 26.3 Å². The van der Waals surface area contributed by atoms with Gasteiger partial charge in [0.05, 0.1) is 0 Å². The van der Waals surface area contributed by atoms with Gasteiger partial charge in [0.15, 0.2) is 0 Å². The molecule has 0 atom stereocenters. The van der Waals surface area contributed by atoms with E-state index in [9.17, 15) is 0 Å². The summed E-state index contributed by atoms with van der Waals surface area (Å²) in [5.74, 6) is 0. The third-order valence-corrected chi connectivity index (χ3v) is 2.98. The molecule has 3 rings (SSSR count). The van der Waals surface area contributed by atoms with Crippen molar-refractivity contribution >= 4 is 21.8 Å². The third-order valence-electron chi connectivity index (χ3n) is 2.98. The SMILES string of the molecule is CC.CCc1ccc2c(c1)[nH]c1ccccc12. The number of para-hydroxylation sites is 1. The van der Waals surface area contributed by atoms with Crippen molar-refractivity contribution in [2.75, 3.05) is 0 Å². The molecular weight excluding hydrogens is 206 g/mol. The standard InChI is InChI=1S/C14H13N.C2H6/c1-2-10-7-8-12-11-5-3-4-6-13(11)15-14(12)9-10;1-2/h3-9,15H,2H2,1H3;1-2H3. The first-order valence-corrected chi connectivity index (χ1v) is 6.38. The monoisotopic (exact) mass is 225 g/mol. The molecule has 0 fully saturated rings. The average Bonchev–Trinajstić information content (AvgIpc) is 2.78. The molecule has 0 saturated carbocycles. The van der Waals surface area contributed by atoms with Gasteiger partial charge in [-0.15, -0.1) is 0 Å². The summed E-state index contributed by atoms with van der Waals surface area (Å²) >= 11 is 0. The number of aromatic amines is 1. The molecule has 3 aromatic rings. The Morgan fingerprint density at radius 1 is 0.882 bits per heavy atom. The summed E-state index contributed by atoms with van der Waals surface area (Å²) in [7, 11) is 0. The Balaban J connectivity index is 0.000000514. The van der Waals surface area contributed by atoms with Gasteiger partial charge in [-0.05, 0) is 24.1 Å². The van der Waals surface area contributed by atoms with Crippen molar-refractivity contribution < 1.29 is 0 Å². The molecule has 0 spiro atoms. The van der Waals surface area contributed by atoms with E-state index in [1.807, 2.05) is 13.8 Å². The van der Waals surface area contributed by atoms with Crippen molar-refractivity contribution in [2.24, 2.45) is 0 Å². The van der Waals surface area contributed by atoms with E-state index in [2.05, 4.69) is 54.4 Å². The molecule has 0 radical (unpaired) electrons. The number of hydrogen-bond acceptors (Lipinski definition) is 0. The molecule has 0 aliphatic heterocycles. The summed E-state index contributed by atoms with van der Waals surface area (Å²) in [6.07, 6.45) is 1.09. The van der Waals surface area contributed by atoms with Crippen molar-refractivity contribution in [3.8, 4) is 0 Å². The molecule has 1 N–H and O–H groups in total. The second-order valence-electron chi connectivity index (χ2n) is 3.90. The van der Waals surface area contributed by atoms with Crippen molar-refractivity contribution in [1.82, 2.24) is 4.98 Å². The third kappa shape index (κ3) is 2.05. The van der Waals surface area contributed by atoms with Gasteiger partial charge in [0.1, 0.15) is 0 Å². The lowest BCUT2D eigenvalue weighted by Gasteiger charge is -1.95. The Kier molecular flexibility index (Phi) is 3.48. The van der Waals surface area contributed by atoms with Crippen LogP contribution in [0.3, 0.4) is 0 Å². The van der Waals surface area contributed by atoms with Crippen LogP contribution in [0, 0.1) is 0 Å². The van der Waals surface area contributed by atoms with Crippen LogP contribution >= 0.6 is 0 Å². The molecule has 0 saturated heterocycles. The zero-order chi connectivity index (χ0) is 12.3. The van der Waals surface area contributed by atoms with E-state index in [0.717, 1.165) is 6.42 Å². The van der Waals surface area contributed by atoms with Crippen LogP contribution in [0.4, 0.5) is 0 Å². The average molecular weight is 225 g/mol. The fraction of sp³-hybridized carbons (Fsp3) is 0.250. The Hall–Kier alpha value is -1.76. The number of rotatable bonds is 1. The molecule has 2 aromatic carbocycles. The van der Waals surface area contributed by atoms with Crippen LogP contribution < -0.4 is 0 Å². The predicted molar refractivity (Wildman–Crippen MR) is 76.5 cm³/mol. The van der Waals surface area contributed by atoms with Crippen molar-refractivity contribution in [1.29, 1.82) is 0 Å². The normalized spacial score (nSPS) is 10.3. The summed E-state index contributed by atoms with van der Waals surface area (Å²) in [5, 5.41) is 2.64. The van der Waals surface area contributed by atoms with Gasteiger partial charge in [0, 0.05) is 21.8 Å². The zero-order valence-corrected chi connectivity index (χ0v) is 10.7. The number of hydrogen-bond donors (Lipinski definition) is 1. The van der Waals surface area contributed by atoms with E-state index in [1.165, 1.54) is 27.4 Å². The lowest BCUT2D eigenvalue weighted by Crippen LogP contribution is -1.78. The number of aromatic nitrogens is 1. The van der Waals surface area contributed by atoms with Crippen molar-refractivity contribution in [3.63, 3.8) is 0 Å². The van der Waals surface area contributed by atoms with Gasteiger partial charge in [-0.2, -0.15) is 0 Å². The second-order valence-corrected chi connectivity index (χ2v) is 3.90. The maximum absolute atomic E-state index is 3.45. The molecular formula is C16H19N.